The molecule has 4 nitrogen and oxygen atoms in total. The first kappa shape index (κ1) is 13.8. The lowest BCUT2D eigenvalue weighted by Crippen LogP contribution is -2.10. The first-order chi connectivity index (χ1) is 8.19. The molecule has 1 atom stereocenters. The molecule has 1 aliphatic heterocycles. The van der Waals surface area contributed by atoms with Crippen LogP contribution in [0.25, 0.3) is 0 Å². The molecule has 0 aromatic carbocycles. The van der Waals surface area contributed by atoms with Crippen molar-refractivity contribution in [2.75, 3.05) is 19.0 Å². The van der Waals surface area contributed by atoms with Crippen molar-refractivity contribution in [1.82, 2.24) is 0 Å². The first-order valence-corrected chi connectivity index (χ1v) is 7.26. The Bertz CT molecular complexity index is 346. The molecule has 0 saturated carbocycles. The summed E-state index contributed by atoms with van der Waals surface area (Å²) in [4.78, 5) is 23.5. The molecule has 0 aliphatic carbocycles. The number of ether oxygens (including phenoxy) is 2. The molecule has 0 N–H and O–H groups in total. The summed E-state index contributed by atoms with van der Waals surface area (Å²) in [7, 11) is -0.698. The molecule has 96 valence electrons. The number of thiol groups is 1. The zero-order valence-corrected chi connectivity index (χ0v) is 11.0. The van der Waals surface area contributed by atoms with Gasteiger partial charge in [0.1, 0.15) is 0 Å². The highest BCUT2D eigenvalue weighted by Gasteiger charge is 2.20. The second kappa shape index (κ2) is 7.17. The number of hydrogen-bond donors (Lipinski definition) is 1. The summed E-state index contributed by atoms with van der Waals surface area (Å²) in [5.41, 5.74) is 0. The molecule has 1 rings (SSSR count). The molecule has 1 aliphatic rings. The second-order valence-corrected chi connectivity index (χ2v) is 5.53. The quantitative estimate of drug-likeness (QED) is 0.584. The third-order valence-electron chi connectivity index (χ3n) is 2.18. The van der Waals surface area contributed by atoms with E-state index in [4.69, 9.17) is 9.47 Å². The normalized spacial score (nSPS) is 19.9. The second-order valence-electron chi connectivity index (χ2n) is 3.36. The van der Waals surface area contributed by atoms with E-state index in [1.807, 2.05) is 11.5 Å². The van der Waals surface area contributed by atoms with E-state index in [1.165, 1.54) is 0 Å². The molecule has 17 heavy (non-hydrogen) atoms. The van der Waals surface area contributed by atoms with E-state index >= 15 is 0 Å². The third kappa shape index (κ3) is 4.26. The molecule has 0 amide bonds. The number of esters is 2. The third-order valence-corrected chi connectivity index (χ3v) is 4.36. The van der Waals surface area contributed by atoms with Crippen molar-refractivity contribution in [2.24, 2.45) is 0 Å². The Labute approximate surface area is 104 Å². The molecule has 0 bridgehead atoms. The van der Waals surface area contributed by atoms with Gasteiger partial charge in [-0.2, -0.15) is 10.9 Å². The van der Waals surface area contributed by atoms with Crippen molar-refractivity contribution >= 4 is 22.8 Å². The predicted octanol–water partition coefficient (Wildman–Crippen LogP) is 1.92. The summed E-state index contributed by atoms with van der Waals surface area (Å²) in [5.74, 6) is 0.168. The van der Waals surface area contributed by atoms with E-state index in [1.54, 1.807) is 19.9 Å². The Balaban J connectivity index is 2.43. The van der Waals surface area contributed by atoms with Gasteiger partial charge in [0.2, 0.25) is 0 Å². The van der Waals surface area contributed by atoms with Crippen LogP contribution in [0.15, 0.2) is 22.5 Å². The Morgan fingerprint density at radius 3 is 2.59 bits per heavy atom. The molecule has 0 spiro atoms. The van der Waals surface area contributed by atoms with E-state index in [-0.39, 0.29) is 11.9 Å². The topological polar surface area (TPSA) is 52.6 Å². The smallest absolute Gasteiger partial charge is 0.343 e. The first-order valence-electron chi connectivity index (χ1n) is 5.66. The van der Waals surface area contributed by atoms with Gasteiger partial charge in [-0.05, 0) is 31.1 Å². The van der Waals surface area contributed by atoms with Gasteiger partial charge in [-0.25, -0.2) is 4.79 Å². The van der Waals surface area contributed by atoms with E-state index < -0.39 is 10.9 Å². The van der Waals surface area contributed by atoms with Crippen LogP contribution in [0.3, 0.4) is 0 Å². The average molecular weight is 258 g/mol. The Morgan fingerprint density at radius 1 is 1.24 bits per heavy atom. The molecular weight excluding hydrogens is 240 g/mol. The minimum Gasteiger partial charge on any atom is -0.466 e. The van der Waals surface area contributed by atoms with Gasteiger partial charge in [0.25, 0.3) is 0 Å². The molecule has 1 unspecified atom stereocenters. The number of carbonyl (C=O) groups is 2. The SMILES string of the molecule is CCOC(=O)CC[SH]1C=CC=C1C(=O)OCC. The maximum Gasteiger partial charge on any atom is 0.343 e. The number of allylic oxidation sites excluding steroid dienone is 2. The van der Waals surface area contributed by atoms with Crippen LogP contribution in [-0.2, 0) is 19.1 Å². The van der Waals surface area contributed by atoms with Crippen LogP contribution in [0.2, 0.25) is 0 Å². The minimum atomic E-state index is -0.698. The van der Waals surface area contributed by atoms with Gasteiger partial charge in [0, 0.05) is 0 Å². The van der Waals surface area contributed by atoms with Gasteiger partial charge in [0.05, 0.1) is 24.5 Å². The monoisotopic (exact) mass is 258 g/mol. The van der Waals surface area contributed by atoms with Crippen LogP contribution >= 0.6 is 10.9 Å². The van der Waals surface area contributed by atoms with Crippen molar-refractivity contribution < 1.29 is 19.1 Å². The lowest BCUT2D eigenvalue weighted by molar-refractivity contribution is -0.142. The van der Waals surface area contributed by atoms with Crippen LogP contribution < -0.4 is 0 Å². The van der Waals surface area contributed by atoms with Gasteiger partial charge < -0.3 is 9.47 Å². The lowest BCUT2D eigenvalue weighted by Gasteiger charge is -2.16. The minimum absolute atomic E-state index is 0.210. The van der Waals surface area contributed by atoms with Gasteiger partial charge in [-0.15, -0.1) is 0 Å². The maximum atomic E-state index is 11.6. The van der Waals surface area contributed by atoms with Crippen molar-refractivity contribution in [3.8, 4) is 0 Å². The van der Waals surface area contributed by atoms with Crippen LogP contribution in [0.1, 0.15) is 20.3 Å². The van der Waals surface area contributed by atoms with Gasteiger partial charge in [-0.3, -0.25) is 4.79 Å². The summed E-state index contributed by atoms with van der Waals surface area (Å²) < 4.78 is 9.82. The van der Waals surface area contributed by atoms with Crippen molar-refractivity contribution in [1.29, 1.82) is 0 Å². The molecular formula is C12H18O4S. The fourth-order valence-electron chi connectivity index (χ4n) is 1.44. The summed E-state index contributed by atoms with van der Waals surface area (Å²) in [6.07, 6.45) is 3.97. The zero-order chi connectivity index (χ0) is 12.7. The Morgan fingerprint density at radius 2 is 1.94 bits per heavy atom. The largest absolute Gasteiger partial charge is 0.466 e. The average Bonchev–Trinajstić information content (AvgIpc) is 2.75. The fraction of sp³-hybridized carbons (Fsp3) is 0.500. The maximum absolute atomic E-state index is 11.6. The van der Waals surface area contributed by atoms with Crippen LogP contribution in [0.4, 0.5) is 0 Å². The number of carbonyl (C=O) groups excluding carboxylic acids is 2. The number of hydrogen-bond acceptors (Lipinski definition) is 4. The zero-order valence-electron chi connectivity index (χ0n) is 10.1. The Kier molecular flexibility index (Phi) is 5.83. The molecule has 0 radical (unpaired) electrons. The van der Waals surface area contributed by atoms with E-state index in [2.05, 4.69) is 0 Å². The molecule has 0 saturated heterocycles. The van der Waals surface area contributed by atoms with Crippen molar-refractivity contribution in [3.05, 3.63) is 22.5 Å². The lowest BCUT2D eigenvalue weighted by atomic mass is 10.5. The van der Waals surface area contributed by atoms with E-state index in [0.717, 1.165) is 0 Å². The van der Waals surface area contributed by atoms with Gasteiger partial charge in [-0.1, -0.05) is 6.08 Å². The van der Waals surface area contributed by atoms with E-state index in [9.17, 15) is 9.59 Å². The highest BCUT2D eigenvalue weighted by atomic mass is 32.2. The van der Waals surface area contributed by atoms with Gasteiger partial charge >= 0.3 is 11.9 Å². The Hall–Kier alpha value is -1.23. The van der Waals surface area contributed by atoms with Crippen LogP contribution in [0, 0.1) is 0 Å². The molecule has 1 heterocycles. The summed E-state index contributed by atoms with van der Waals surface area (Å²) >= 11 is 0. The highest BCUT2D eigenvalue weighted by molar-refractivity contribution is 8.23. The predicted molar refractivity (Wildman–Crippen MR) is 69.0 cm³/mol. The number of rotatable bonds is 6. The molecule has 0 aromatic heterocycles. The van der Waals surface area contributed by atoms with Crippen LogP contribution in [-0.4, -0.2) is 30.9 Å². The molecule has 0 aromatic rings. The van der Waals surface area contributed by atoms with Crippen molar-refractivity contribution in [3.63, 3.8) is 0 Å². The fourth-order valence-corrected chi connectivity index (χ4v) is 3.29. The summed E-state index contributed by atoms with van der Waals surface area (Å²) in [5, 5.41) is 1.97. The summed E-state index contributed by atoms with van der Waals surface area (Å²) in [6, 6.07) is 0. The highest BCUT2D eigenvalue weighted by Crippen LogP contribution is 2.42. The summed E-state index contributed by atoms with van der Waals surface area (Å²) in [6.45, 7) is 4.33. The van der Waals surface area contributed by atoms with Gasteiger partial charge in [0.15, 0.2) is 0 Å². The van der Waals surface area contributed by atoms with Crippen LogP contribution in [0.5, 0.6) is 0 Å². The molecule has 5 heteroatoms. The molecule has 0 fully saturated rings. The van der Waals surface area contributed by atoms with E-state index in [0.29, 0.717) is 30.3 Å². The standard InChI is InChI=1S/C12H18O4S/c1-3-15-11(13)7-9-17-8-5-6-10(17)12(14)16-4-2/h5-6,8,17H,3-4,7,9H2,1-2H3. The van der Waals surface area contributed by atoms with Crippen molar-refractivity contribution in [2.45, 2.75) is 20.3 Å².